The summed E-state index contributed by atoms with van der Waals surface area (Å²) in [7, 11) is 0. The summed E-state index contributed by atoms with van der Waals surface area (Å²) in [6.07, 6.45) is 13.2. The van der Waals surface area contributed by atoms with Gasteiger partial charge in [0.1, 0.15) is 0 Å². The summed E-state index contributed by atoms with van der Waals surface area (Å²) in [6, 6.07) is 35.1. The van der Waals surface area contributed by atoms with Crippen LogP contribution in [0.1, 0.15) is 137 Å². The Hall–Kier alpha value is -5.02. The fraction of sp³-hybridized carbons (Fsp3) is 0.368. The molecule has 2 fully saturated rings. The summed E-state index contributed by atoms with van der Waals surface area (Å²) in [6.45, 7) is 20.8. The molecule has 0 spiro atoms. The molecule has 304 valence electrons. The quantitative estimate of drug-likeness (QED) is 0.160. The lowest BCUT2D eigenvalue weighted by molar-refractivity contribution is 0.444. The summed E-state index contributed by atoms with van der Waals surface area (Å²) < 4.78 is 0. The van der Waals surface area contributed by atoms with E-state index in [4.69, 9.17) is 0 Å². The summed E-state index contributed by atoms with van der Waals surface area (Å²) >= 11 is 0. The third-order valence-electron chi connectivity index (χ3n) is 15.3. The second-order valence-electron chi connectivity index (χ2n) is 19.6. The molecule has 2 saturated carbocycles. The average Bonchev–Trinajstić information content (AvgIpc) is 3.23. The zero-order valence-corrected chi connectivity index (χ0v) is 37.8. The lowest BCUT2D eigenvalue weighted by Gasteiger charge is -2.45. The van der Waals surface area contributed by atoms with Gasteiger partial charge < -0.3 is 9.80 Å². The molecule has 2 aliphatic carbocycles. The molecule has 6 aromatic carbocycles. The van der Waals surface area contributed by atoms with Gasteiger partial charge in [0.15, 0.2) is 0 Å². The number of nitrogens with zero attached hydrogens (tertiary/aromatic N) is 2. The number of hydrogen-bond donors (Lipinski definition) is 0. The Balaban J connectivity index is 1.34. The number of fused-ring (bicyclic) bond motifs is 4. The summed E-state index contributed by atoms with van der Waals surface area (Å²) in [5.74, 6) is 1.24. The molecule has 0 atom stereocenters. The zero-order chi connectivity index (χ0) is 41.6. The van der Waals surface area contributed by atoms with Crippen molar-refractivity contribution >= 4 is 57.2 Å². The van der Waals surface area contributed by atoms with Crippen molar-refractivity contribution in [2.24, 2.45) is 0 Å². The Morgan fingerprint density at radius 1 is 0.383 bits per heavy atom. The van der Waals surface area contributed by atoms with Gasteiger partial charge in [-0.1, -0.05) is 92.6 Å². The van der Waals surface area contributed by atoms with Crippen LogP contribution in [-0.4, -0.2) is 6.71 Å². The molecule has 0 aromatic heterocycles. The largest absolute Gasteiger partial charge is 0.311 e. The minimum atomic E-state index is 0.112. The molecule has 0 bridgehead atoms. The first-order chi connectivity index (χ1) is 29.0. The van der Waals surface area contributed by atoms with Crippen LogP contribution < -0.4 is 26.2 Å². The maximum Gasteiger partial charge on any atom is 0.252 e. The van der Waals surface area contributed by atoms with E-state index in [1.807, 2.05) is 0 Å². The Morgan fingerprint density at radius 3 is 1.23 bits per heavy atom. The van der Waals surface area contributed by atoms with Crippen LogP contribution in [0, 0.1) is 62.3 Å². The number of rotatable bonds is 5. The molecule has 2 aliphatic heterocycles. The lowest BCUT2D eigenvalue weighted by atomic mass is 9.33. The van der Waals surface area contributed by atoms with Crippen molar-refractivity contribution in [3.63, 3.8) is 0 Å². The summed E-state index contributed by atoms with van der Waals surface area (Å²) in [4.78, 5) is 5.40. The van der Waals surface area contributed by atoms with E-state index < -0.39 is 0 Å². The van der Waals surface area contributed by atoms with Crippen LogP contribution in [0.15, 0.2) is 84.9 Å². The van der Waals surface area contributed by atoms with Crippen molar-refractivity contribution in [1.29, 1.82) is 0 Å². The normalized spacial score (nSPS) is 16.5. The predicted octanol–water partition coefficient (Wildman–Crippen LogP) is 14.3. The topological polar surface area (TPSA) is 6.48 Å². The fourth-order valence-electron chi connectivity index (χ4n) is 12.1. The smallest absolute Gasteiger partial charge is 0.252 e. The van der Waals surface area contributed by atoms with Crippen LogP contribution in [0.25, 0.3) is 11.1 Å². The van der Waals surface area contributed by atoms with Crippen LogP contribution in [0.5, 0.6) is 0 Å². The zero-order valence-electron chi connectivity index (χ0n) is 37.8. The highest BCUT2D eigenvalue weighted by molar-refractivity contribution is 7.00. The molecule has 0 radical (unpaired) electrons. The molecule has 0 saturated heterocycles. The van der Waals surface area contributed by atoms with Crippen LogP contribution in [0.2, 0.25) is 0 Å². The van der Waals surface area contributed by atoms with E-state index in [1.54, 1.807) is 0 Å². The molecule has 0 N–H and O–H groups in total. The maximum atomic E-state index is 2.70. The van der Waals surface area contributed by atoms with Crippen LogP contribution in [0.3, 0.4) is 0 Å². The van der Waals surface area contributed by atoms with Gasteiger partial charge in [0.25, 0.3) is 6.71 Å². The van der Waals surface area contributed by atoms with Gasteiger partial charge >= 0.3 is 0 Å². The molecule has 4 aliphatic rings. The molecule has 0 amide bonds. The Labute approximate surface area is 361 Å². The molecule has 6 aromatic rings. The standard InChI is InChI=1S/C57H63BN2/c1-34-24-41(8)56(42(9)25-34)47-32-54-57-55(33-47)60(51-29-38(5)36(3)27-40(51)7)53-31-46(44-18-14-11-15-19-44)21-23-49(53)58(57)48-22-20-45(43-16-12-10-13-17-43)30-52(48)59(54)50-28-37(4)35(2)26-39(50)6/h20-33,43-44H,10-19H2,1-9H3. The van der Waals surface area contributed by atoms with Crippen molar-refractivity contribution in [2.75, 3.05) is 9.80 Å². The minimum Gasteiger partial charge on any atom is -0.311 e. The third kappa shape index (κ3) is 6.45. The van der Waals surface area contributed by atoms with Gasteiger partial charge in [-0.2, -0.15) is 0 Å². The number of benzene rings is 6. The fourth-order valence-corrected chi connectivity index (χ4v) is 12.1. The van der Waals surface area contributed by atoms with Crippen molar-refractivity contribution in [2.45, 2.75) is 138 Å². The van der Waals surface area contributed by atoms with E-state index in [1.165, 1.54) is 187 Å². The minimum absolute atomic E-state index is 0.112. The maximum absolute atomic E-state index is 2.70. The van der Waals surface area contributed by atoms with Crippen molar-refractivity contribution in [3.8, 4) is 11.1 Å². The van der Waals surface area contributed by atoms with Crippen molar-refractivity contribution < 1.29 is 0 Å². The van der Waals surface area contributed by atoms with E-state index in [9.17, 15) is 0 Å². The Bertz CT molecular complexity index is 2510. The summed E-state index contributed by atoms with van der Waals surface area (Å²) in [5.41, 5.74) is 29.9. The molecule has 2 nitrogen and oxygen atoms in total. The first kappa shape index (κ1) is 39.1. The van der Waals surface area contributed by atoms with E-state index in [0.29, 0.717) is 11.8 Å². The van der Waals surface area contributed by atoms with E-state index >= 15 is 0 Å². The van der Waals surface area contributed by atoms with Crippen LogP contribution in [-0.2, 0) is 0 Å². The first-order valence-corrected chi connectivity index (χ1v) is 23.3. The second kappa shape index (κ2) is 15.2. The second-order valence-corrected chi connectivity index (χ2v) is 19.6. The SMILES string of the molecule is Cc1cc(C)c(-c2cc3c4c(c2)N(c2cc(C)c(C)cc2C)c2cc(C5CCCCC5)ccc2B4c2ccc(C4CCCCC4)cc2N3c2cc(C)c(C)cc2C)c(C)c1. The first-order valence-electron chi connectivity index (χ1n) is 23.3. The highest BCUT2D eigenvalue weighted by Crippen LogP contribution is 2.50. The monoisotopic (exact) mass is 787 g/mol. The van der Waals surface area contributed by atoms with Crippen molar-refractivity contribution in [3.05, 3.63) is 146 Å². The van der Waals surface area contributed by atoms with Crippen LogP contribution >= 0.6 is 0 Å². The number of hydrogen-bond acceptors (Lipinski definition) is 2. The third-order valence-corrected chi connectivity index (χ3v) is 15.3. The van der Waals surface area contributed by atoms with E-state index in [0.717, 1.165) is 0 Å². The van der Waals surface area contributed by atoms with E-state index in [-0.39, 0.29) is 6.71 Å². The highest BCUT2D eigenvalue weighted by atomic mass is 15.2. The van der Waals surface area contributed by atoms with Gasteiger partial charge in [0, 0.05) is 34.1 Å². The molecular weight excluding hydrogens is 723 g/mol. The predicted molar refractivity (Wildman–Crippen MR) is 260 cm³/mol. The Morgan fingerprint density at radius 2 is 0.800 bits per heavy atom. The van der Waals surface area contributed by atoms with Gasteiger partial charge in [-0.15, -0.1) is 0 Å². The summed E-state index contributed by atoms with van der Waals surface area (Å²) in [5, 5.41) is 0. The van der Waals surface area contributed by atoms with Crippen LogP contribution in [0.4, 0.5) is 34.1 Å². The molecule has 10 rings (SSSR count). The molecule has 2 heterocycles. The van der Waals surface area contributed by atoms with Crippen molar-refractivity contribution in [1.82, 2.24) is 0 Å². The molecule has 0 unspecified atom stereocenters. The van der Waals surface area contributed by atoms with Gasteiger partial charge in [0.05, 0.1) is 0 Å². The molecule has 60 heavy (non-hydrogen) atoms. The number of anilines is 6. The van der Waals surface area contributed by atoms with E-state index in [2.05, 4.69) is 157 Å². The highest BCUT2D eigenvalue weighted by Gasteiger charge is 2.45. The van der Waals surface area contributed by atoms with Gasteiger partial charge in [0.2, 0.25) is 0 Å². The Kier molecular flexibility index (Phi) is 9.89. The van der Waals surface area contributed by atoms with Gasteiger partial charge in [-0.3, -0.25) is 0 Å². The van der Waals surface area contributed by atoms with Gasteiger partial charge in [-0.05, 0) is 219 Å². The average molecular weight is 787 g/mol. The number of aryl methyl sites for hydroxylation is 9. The molecule has 3 heteroatoms. The lowest BCUT2D eigenvalue weighted by Crippen LogP contribution is -2.61. The molecular formula is C57H63BN2. The van der Waals surface area contributed by atoms with Gasteiger partial charge in [-0.25, -0.2) is 0 Å².